The summed E-state index contributed by atoms with van der Waals surface area (Å²) in [6.45, 7) is 0. The number of aromatic nitrogens is 5. The Kier molecular flexibility index (Phi) is 6.45. The number of nitrogens with two attached hydrogens (primary N) is 1. The molecule has 3 aromatic heterocycles. The fourth-order valence-electron chi connectivity index (χ4n) is 4.76. The summed E-state index contributed by atoms with van der Waals surface area (Å²) >= 11 is 0. The Bertz CT molecular complexity index is 1520. The van der Waals surface area contributed by atoms with Gasteiger partial charge in [0.05, 0.1) is 18.2 Å². The second kappa shape index (κ2) is 10.3. The molecule has 3 heterocycles. The Balaban J connectivity index is 1.29. The van der Waals surface area contributed by atoms with Gasteiger partial charge >= 0.3 is 0 Å². The van der Waals surface area contributed by atoms with E-state index in [0.717, 1.165) is 42.7 Å². The van der Waals surface area contributed by atoms with E-state index in [1.165, 1.54) is 0 Å². The molecule has 10 heteroatoms. The van der Waals surface area contributed by atoms with Gasteiger partial charge in [-0.25, -0.2) is 14.5 Å². The number of carbonyl (C=O) groups is 1. The Morgan fingerprint density at radius 1 is 0.974 bits per heavy atom. The molecule has 1 saturated carbocycles. The third-order valence-electron chi connectivity index (χ3n) is 6.80. The molecule has 0 aliphatic heterocycles. The van der Waals surface area contributed by atoms with E-state index in [9.17, 15) is 4.79 Å². The lowest BCUT2D eigenvalue weighted by molar-refractivity contribution is 0.102. The zero-order valence-corrected chi connectivity index (χ0v) is 20.8. The summed E-state index contributed by atoms with van der Waals surface area (Å²) in [5.41, 5.74) is 10.3. The molecule has 0 unspecified atom stereocenters. The van der Waals surface area contributed by atoms with Crippen molar-refractivity contribution < 1.29 is 4.79 Å². The molecule has 192 valence electrons. The van der Waals surface area contributed by atoms with Crippen LogP contribution in [0.3, 0.4) is 0 Å². The van der Waals surface area contributed by atoms with Crippen molar-refractivity contribution in [2.45, 2.75) is 37.8 Å². The maximum absolute atomic E-state index is 13.3. The van der Waals surface area contributed by atoms with Gasteiger partial charge in [0.15, 0.2) is 11.3 Å². The molecule has 38 heavy (non-hydrogen) atoms. The number of amides is 1. The van der Waals surface area contributed by atoms with Crippen molar-refractivity contribution in [1.29, 1.82) is 0 Å². The van der Waals surface area contributed by atoms with Crippen molar-refractivity contribution in [1.82, 2.24) is 24.1 Å². The first kappa shape index (κ1) is 23.7. The highest BCUT2D eigenvalue weighted by molar-refractivity contribution is 6.03. The summed E-state index contributed by atoms with van der Waals surface area (Å²) in [5.74, 6) is 0.375. The number of carbonyl (C=O) groups excluding carboxylic acids is 1. The number of imidazole rings is 2. The molecule has 6 rings (SSSR count). The largest absolute Gasteiger partial charge is 0.366 e. The molecule has 5 N–H and O–H groups in total. The fraction of sp³-hybridized carbons (Fsp3) is 0.214. The number of hydrogen-bond donors (Lipinski definition) is 4. The minimum Gasteiger partial charge on any atom is -0.366 e. The van der Waals surface area contributed by atoms with Crippen molar-refractivity contribution in [3.8, 4) is 5.69 Å². The van der Waals surface area contributed by atoms with Crippen molar-refractivity contribution in [3.63, 3.8) is 0 Å². The maximum atomic E-state index is 13.3. The normalized spacial score (nSPS) is 17.3. The number of nitrogens with one attached hydrogen (secondary N) is 3. The van der Waals surface area contributed by atoms with E-state index < -0.39 is 0 Å². The molecule has 0 radical (unpaired) electrons. The molecular weight excluding hydrogens is 478 g/mol. The number of anilines is 4. The van der Waals surface area contributed by atoms with Gasteiger partial charge < -0.3 is 26.3 Å². The van der Waals surface area contributed by atoms with Gasteiger partial charge in [-0.15, -0.1) is 5.10 Å². The van der Waals surface area contributed by atoms with Crippen molar-refractivity contribution in [3.05, 3.63) is 91.3 Å². The van der Waals surface area contributed by atoms with Crippen LogP contribution in [-0.4, -0.2) is 42.1 Å². The predicted octanol–water partition coefficient (Wildman–Crippen LogP) is 4.59. The lowest BCUT2D eigenvalue weighted by Gasteiger charge is -2.27. The third kappa shape index (κ3) is 5.07. The van der Waals surface area contributed by atoms with Gasteiger partial charge in [0.1, 0.15) is 5.82 Å². The zero-order valence-electron chi connectivity index (χ0n) is 20.8. The molecule has 0 atom stereocenters. The van der Waals surface area contributed by atoms with Gasteiger partial charge in [-0.2, -0.15) is 0 Å². The number of nitrogens with zero attached hydrogens (tertiary/aromatic N) is 5. The molecule has 5 aromatic rings. The second-order valence-electron chi connectivity index (χ2n) is 9.54. The zero-order chi connectivity index (χ0) is 25.9. The van der Waals surface area contributed by atoms with Crippen LogP contribution < -0.4 is 21.7 Å². The first-order valence-corrected chi connectivity index (χ1v) is 12.7. The summed E-state index contributed by atoms with van der Waals surface area (Å²) in [7, 11) is 0. The number of benzene rings is 2. The summed E-state index contributed by atoms with van der Waals surface area (Å²) < 4.78 is 3.49. The van der Waals surface area contributed by atoms with E-state index in [4.69, 9.17) is 10.8 Å². The van der Waals surface area contributed by atoms with Gasteiger partial charge in [-0.1, -0.05) is 18.2 Å². The Labute approximate surface area is 219 Å². The van der Waals surface area contributed by atoms with Crippen LogP contribution in [0.25, 0.3) is 11.3 Å². The van der Waals surface area contributed by atoms with Crippen LogP contribution in [-0.2, 0) is 0 Å². The maximum Gasteiger partial charge on any atom is 0.276 e. The monoisotopic (exact) mass is 507 g/mol. The lowest BCUT2D eigenvalue weighted by Crippen LogP contribution is -2.33. The Morgan fingerprint density at radius 3 is 2.50 bits per heavy atom. The first-order chi connectivity index (χ1) is 18.6. The van der Waals surface area contributed by atoms with Gasteiger partial charge in [0, 0.05) is 47.6 Å². The van der Waals surface area contributed by atoms with Crippen LogP contribution in [0.1, 0.15) is 36.2 Å². The number of fused-ring (bicyclic) bond motifs is 1. The number of hydrogen-bond acceptors (Lipinski definition) is 7. The van der Waals surface area contributed by atoms with E-state index in [2.05, 4.69) is 25.9 Å². The summed E-state index contributed by atoms with van der Waals surface area (Å²) in [6, 6.07) is 19.9. The van der Waals surface area contributed by atoms with E-state index in [-0.39, 0.29) is 18.0 Å². The van der Waals surface area contributed by atoms with Crippen molar-refractivity contribution in [2.24, 2.45) is 5.73 Å². The van der Waals surface area contributed by atoms with E-state index in [1.807, 2.05) is 71.4 Å². The molecule has 2 aromatic carbocycles. The van der Waals surface area contributed by atoms with Gasteiger partial charge in [-0.05, 0) is 62.1 Å². The third-order valence-corrected chi connectivity index (χ3v) is 6.80. The van der Waals surface area contributed by atoms with Crippen molar-refractivity contribution >= 4 is 34.4 Å². The SMILES string of the molecule is NC1CCC(Nc2cc(Nc3ccccc3)c3ncc(C(=O)Nc4ccc(-n5ccnc5)cc4)n3n2)CC1. The highest BCUT2D eigenvalue weighted by Crippen LogP contribution is 2.27. The van der Waals surface area contributed by atoms with E-state index in [0.29, 0.717) is 22.8 Å². The molecule has 1 amide bonds. The summed E-state index contributed by atoms with van der Waals surface area (Å²) in [6.07, 6.45) is 10.8. The molecule has 1 aliphatic rings. The van der Waals surface area contributed by atoms with Gasteiger partial charge in [0.2, 0.25) is 0 Å². The molecule has 0 bridgehead atoms. The molecule has 1 fully saturated rings. The van der Waals surface area contributed by atoms with E-state index >= 15 is 0 Å². The summed E-state index contributed by atoms with van der Waals surface area (Å²) in [4.78, 5) is 21.9. The van der Waals surface area contributed by atoms with Crippen LogP contribution in [0.2, 0.25) is 0 Å². The van der Waals surface area contributed by atoms with Crippen LogP contribution in [0.4, 0.5) is 22.9 Å². The lowest BCUT2D eigenvalue weighted by atomic mass is 9.92. The minimum absolute atomic E-state index is 0.261. The van der Waals surface area contributed by atoms with Crippen LogP contribution >= 0.6 is 0 Å². The van der Waals surface area contributed by atoms with Crippen LogP contribution in [0.15, 0.2) is 85.6 Å². The average Bonchev–Trinajstić information content (AvgIpc) is 3.62. The number of para-hydroxylation sites is 1. The fourth-order valence-corrected chi connectivity index (χ4v) is 4.76. The average molecular weight is 508 g/mol. The Hall–Kier alpha value is -4.70. The second-order valence-corrected chi connectivity index (χ2v) is 9.54. The standard InChI is InChI=1S/C28H29N9O/c29-19-6-8-21(9-7-19)33-26-16-24(32-20-4-2-1-3-5-20)27-31-17-25(37(27)35-26)28(38)34-22-10-12-23(13-11-22)36-15-14-30-18-36/h1-5,10-19,21,32H,6-9,29H2,(H,33,35)(H,34,38). The minimum atomic E-state index is -0.299. The Morgan fingerprint density at radius 2 is 1.76 bits per heavy atom. The molecule has 0 saturated heterocycles. The first-order valence-electron chi connectivity index (χ1n) is 12.7. The highest BCUT2D eigenvalue weighted by Gasteiger charge is 2.21. The van der Waals surface area contributed by atoms with Crippen LogP contribution in [0, 0.1) is 0 Å². The molecule has 0 spiro atoms. The molecule has 1 aliphatic carbocycles. The van der Waals surface area contributed by atoms with Crippen molar-refractivity contribution in [2.75, 3.05) is 16.0 Å². The van der Waals surface area contributed by atoms with E-state index in [1.54, 1.807) is 23.2 Å². The highest BCUT2D eigenvalue weighted by atomic mass is 16.2. The molecule has 10 nitrogen and oxygen atoms in total. The van der Waals surface area contributed by atoms with Crippen LogP contribution in [0.5, 0.6) is 0 Å². The predicted molar refractivity (Wildman–Crippen MR) is 148 cm³/mol. The quantitative estimate of drug-likeness (QED) is 0.254. The van der Waals surface area contributed by atoms with Gasteiger partial charge in [0.25, 0.3) is 5.91 Å². The topological polar surface area (TPSA) is 127 Å². The molecular formula is C28H29N9O. The summed E-state index contributed by atoms with van der Waals surface area (Å²) in [5, 5.41) is 14.7. The van der Waals surface area contributed by atoms with Gasteiger partial charge in [-0.3, -0.25) is 4.79 Å². The smallest absolute Gasteiger partial charge is 0.276 e. The number of rotatable bonds is 7.